The van der Waals surface area contributed by atoms with Gasteiger partial charge in [-0.2, -0.15) is 31.6 Å². The second-order valence-electron chi connectivity index (χ2n) is 4.78. The molecule has 0 atom stereocenters. The lowest BCUT2D eigenvalue weighted by Gasteiger charge is -2.13. The number of halogens is 6. The molecule has 2 aromatic carbocycles. The van der Waals surface area contributed by atoms with Gasteiger partial charge in [0.05, 0.1) is 23.6 Å². The van der Waals surface area contributed by atoms with Gasteiger partial charge in [-0.1, -0.05) is 24.3 Å². The van der Waals surface area contributed by atoms with Crippen molar-refractivity contribution in [3.63, 3.8) is 0 Å². The van der Waals surface area contributed by atoms with E-state index in [2.05, 4.69) is 0 Å². The summed E-state index contributed by atoms with van der Waals surface area (Å²) in [4.78, 5) is 0. The third kappa shape index (κ3) is 3.83. The number of benzene rings is 2. The number of alkyl halides is 6. The average molecular weight is 329 g/mol. The van der Waals surface area contributed by atoms with Crippen LogP contribution in [-0.2, 0) is 18.8 Å². The lowest BCUT2D eigenvalue weighted by Crippen LogP contribution is -2.09. The molecule has 0 bridgehead atoms. The standard InChI is InChI=1S/C16H9F6N/c17-15(18,19)13-5-3-10(4-6-13)12-2-1-11(7-8-23)14(9-12)16(20,21)22/h1-6,9H,7H2. The van der Waals surface area contributed by atoms with Crippen LogP contribution in [0, 0.1) is 11.3 Å². The third-order valence-electron chi connectivity index (χ3n) is 3.23. The third-order valence-corrected chi connectivity index (χ3v) is 3.23. The van der Waals surface area contributed by atoms with E-state index in [0.29, 0.717) is 0 Å². The molecule has 2 aromatic rings. The van der Waals surface area contributed by atoms with E-state index in [4.69, 9.17) is 5.26 Å². The van der Waals surface area contributed by atoms with Crippen LogP contribution in [0.5, 0.6) is 0 Å². The molecule has 0 aliphatic carbocycles. The quantitative estimate of drug-likeness (QED) is 0.671. The van der Waals surface area contributed by atoms with E-state index in [1.54, 1.807) is 6.07 Å². The molecule has 0 fully saturated rings. The number of nitriles is 1. The van der Waals surface area contributed by atoms with Crippen molar-refractivity contribution in [2.45, 2.75) is 18.8 Å². The van der Waals surface area contributed by atoms with Gasteiger partial charge in [0.25, 0.3) is 0 Å². The van der Waals surface area contributed by atoms with Gasteiger partial charge in [-0.3, -0.25) is 0 Å². The second-order valence-corrected chi connectivity index (χ2v) is 4.78. The summed E-state index contributed by atoms with van der Waals surface area (Å²) in [6.45, 7) is 0. The van der Waals surface area contributed by atoms with Crippen LogP contribution in [0.1, 0.15) is 16.7 Å². The Bertz CT molecular complexity index is 735. The van der Waals surface area contributed by atoms with Crippen molar-refractivity contribution in [2.75, 3.05) is 0 Å². The Kier molecular flexibility index (Phi) is 4.37. The Morgan fingerprint density at radius 3 is 1.83 bits per heavy atom. The number of rotatable bonds is 2. The fraction of sp³-hybridized carbons (Fsp3) is 0.188. The molecule has 7 heteroatoms. The highest BCUT2D eigenvalue weighted by Crippen LogP contribution is 2.36. The summed E-state index contributed by atoms with van der Waals surface area (Å²) < 4.78 is 76.6. The Morgan fingerprint density at radius 2 is 1.35 bits per heavy atom. The van der Waals surface area contributed by atoms with Crippen LogP contribution in [0.15, 0.2) is 42.5 Å². The Morgan fingerprint density at radius 1 is 0.783 bits per heavy atom. The van der Waals surface area contributed by atoms with Gasteiger partial charge in [-0.05, 0) is 34.9 Å². The maximum Gasteiger partial charge on any atom is 0.416 e. The zero-order valence-electron chi connectivity index (χ0n) is 11.5. The molecule has 0 saturated carbocycles. The van der Waals surface area contributed by atoms with E-state index in [1.165, 1.54) is 12.1 Å². The number of nitrogens with zero attached hydrogens (tertiary/aromatic N) is 1. The van der Waals surface area contributed by atoms with Crippen LogP contribution >= 0.6 is 0 Å². The van der Waals surface area contributed by atoms with E-state index in [1.807, 2.05) is 0 Å². The minimum atomic E-state index is -4.64. The minimum Gasteiger partial charge on any atom is -0.198 e. The first kappa shape index (κ1) is 16.9. The largest absolute Gasteiger partial charge is 0.416 e. The van der Waals surface area contributed by atoms with E-state index >= 15 is 0 Å². The molecular weight excluding hydrogens is 320 g/mol. The average Bonchev–Trinajstić information content (AvgIpc) is 2.46. The zero-order chi connectivity index (χ0) is 17.3. The van der Waals surface area contributed by atoms with Crippen molar-refractivity contribution in [3.05, 3.63) is 59.2 Å². The Hall–Kier alpha value is -2.49. The summed E-state index contributed by atoms with van der Waals surface area (Å²) in [5.74, 6) is 0. The van der Waals surface area contributed by atoms with Crippen molar-refractivity contribution < 1.29 is 26.3 Å². The summed E-state index contributed by atoms with van der Waals surface area (Å²) in [7, 11) is 0. The molecule has 0 amide bonds. The van der Waals surface area contributed by atoms with Gasteiger partial charge in [0, 0.05) is 0 Å². The first-order valence-corrected chi connectivity index (χ1v) is 6.37. The van der Waals surface area contributed by atoms with Gasteiger partial charge in [-0.25, -0.2) is 0 Å². The van der Waals surface area contributed by atoms with Gasteiger partial charge < -0.3 is 0 Å². The molecule has 0 aliphatic heterocycles. The fourth-order valence-electron chi connectivity index (χ4n) is 2.11. The van der Waals surface area contributed by atoms with Crippen molar-refractivity contribution in [2.24, 2.45) is 0 Å². The smallest absolute Gasteiger partial charge is 0.198 e. The fourth-order valence-corrected chi connectivity index (χ4v) is 2.11. The molecule has 0 heterocycles. The normalized spacial score (nSPS) is 12.0. The molecule has 0 spiro atoms. The molecule has 0 N–H and O–H groups in total. The first-order valence-electron chi connectivity index (χ1n) is 6.37. The van der Waals surface area contributed by atoms with Crippen LogP contribution in [0.4, 0.5) is 26.3 Å². The first-order chi connectivity index (χ1) is 10.6. The van der Waals surface area contributed by atoms with Crippen LogP contribution in [0.2, 0.25) is 0 Å². The van der Waals surface area contributed by atoms with Crippen molar-refractivity contribution in [1.29, 1.82) is 5.26 Å². The highest BCUT2D eigenvalue weighted by atomic mass is 19.4. The maximum absolute atomic E-state index is 13.0. The zero-order valence-corrected chi connectivity index (χ0v) is 11.5. The maximum atomic E-state index is 13.0. The predicted molar refractivity (Wildman–Crippen MR) is 71.2 cm³/mol. The van der Waals surface area contributed by atoms with Gasteiger partial charge in [0.15, 0.2) is 0 Å². The van der Waals surface area contributed by atoms with Crippen molar-refractivity contribution >= 4 is 0 Å². The minimum absolute atomic E-state index is 0.132. The highest BCUT2D eigenvalue weighted by molar-refractivity contribution is 5.65. The summed E-state index contributed by atoms with van der Waals surface area (Å²) >= 11 is 0. The monoisotopic (exact) mass is 329 g/mol. The van der Waals surface area contributed by atoms with Gasteiger partial charge in [-0.15, -0.1) is 0 Å². The van der Waals surface area contributed by atoms with Gasteiger partial charge in [0.1, 0.15) is 0 Å². The molecule has 120 valence electrons. The Labute approximate surface area is 127 Å². The van der Waals surface area contributed by atoms with Crippen molar-refractivity contribution in [3.8, 4) is 17.2 Å². The summed E-state index contributed by atoms with van der Waals surface area (Å²) in [5, 5.41) is 8.58. The molecule has 0 radical (unpaired) electrons. The Balaban J connectivity index is 2.47. The number of hydrogen-bond donors (Lipinski definition) is 0. The summed E-state index contributed by atoms with van der Waals surface area (Å²) in [6, 6.07) is 8.86. The van der Waals surface area contributed by atoms with E-state index in [-0.39, 0.29) is 16.7 Å². The highest BCUT2D eigenvalue weighted by Gasteiger charge is 2.34. The number of hydrogen-bond acceptors (Lipinski definition) is 1. The lowest BCUT2D eigenvalue weighted by molar-refractivity contribution is -0.138. The molecule has 0 unspecified atom stereocenters. The second kappa shape index (κ2) is 5.95. The SMILES string of the molecule is N#CCc1ccc(-c2ccc(C(F)(F)F)cc2)cc1C(F)(F)F. The summed E-state index contributed by atoms with van der Waals surface area (Å²) in [5.41, 5.74) is -1.65. The lowest BCUT2D eigenvalue weighted by atomic mass is 9.97. The molecule has 2 rings (SSSR count). The molecule has 23 heavy (non-hydrogen) atoms. The van der Waals surface area contributed by atoms with Crippen molar-refractivity contribution in [1.82, 2.24) is 0 Å². The summed E-state index contributed by atoms with van der Waals surface area (Å²) in [6.07, 6.45) is -9.55. The van der Waals surface area contributed by atoms with Gasteiger partial charge in [0.2, 0.25) is 0 Å². The molecular formula is C16H9F6N. The van der Waals surface area contributed by atoms with Crippen LogP contribution < -0.4 is 0 Å². The van der Waals surface area contributed by atoms with E-state index in [0.717, 1.165) is 30.3 Å². The predicted octanol–water partition coefficient (Wildman–Crippen LogP) is 5.46. The van der Waals surface area contributed by atoms with Crippen LogP contribution in [0.25, 0.3) is 11.1 Å². The molecule has 0 saturated heterocycles. The molecule has 0 aromatic heterocycles. The molecule has 1 nitrogen and oxygen atoms in total. The van der Waals surface area contributed by atoms with E-state index in [9.17, 15) is 26.3 Å². The van der Waals surface area contributed by atoms with E-state index < -0.39 is 29.9 Å². The topological polar surface area (TPSA) is 23.8 Å². The van der Waals surface area contributed by atoms with Gasteiger partial charge >= 0.3 is 12.4 Å². The van der Waals surface area contributed by atoms with Crippen LogP contribution in [-0.4, -0.2) is 0 Å². The molecule has 0 aliphatic rings. The van der Waals surface area contributed by atoms with Crippen LogP contribution in [0.3, 0.4) is 0 Å².